The highest BCUT2D eigenvalue weighted by Gasteiger charge is 2.03. The summed E-state index contributed by atoms with van der Waals surface area (Å²) in [5, 5.41) is 0. The minimum Gasteiger partial charge on any atom is -0.271 e. The summed E-state index contributed by atoms with van der Waals surface area (Å²) in [5.41, 5.74) is 2.77. The second kappa shape index (κ2) is 8.86. The van der Waals surface area contributed by atoms with Crippen molar-refractivity contribution in [1.82, 2.24) is 5.43 Å². The Morgan fingerprint density at radius 3 is 2.75 bits per heavy atom. The third-order valence-corrected chi connectivity index (χ3v) is 1.98. The Hall–Kier alpha value is -0.230. The van der Waals surface area contributed by atoms with Crippen LogP contribution in [0.3, 0.4) is 0 Å². The largest absolute Gasteiger partial charge is 0.271 e. The monoisotopic (exact) mass is 188 g/mol. The maximum atomic E-state index is 5.57. The number of hydrogen-bond acceptors (Lipinski definition) is 2. The smallest absolute Gasteiger partial charge is 0.0224 e. The number of rotatable bonds is 6. The van der Waals surface area contributed by atoms with Gasteiger partial charge >= 0.3 is 0 Å². The molecule has 0 fully saturated rings. The summed E-state index contributed by atoms with van der Waals surface area (Å²) < 4.78 is 0. The first kappa shape index (κ1) is 11.8. The van der Waals surface area contributed by atoms with E-state index in [2.05, 4.69) is 17.3 Å². The number of nitrogens with two attached hydrogens (primary N) is 1. The molecule has 3 N–H and O–H groups in total. The van der Waals surface area contributed by atoms with Crippen LogP contribution in [0.1, 0.15) is 32.6 Å². The van der Waals surface area contributed by atoms with E-state index in [-0.39, 0.29) is 0 Å². The molecule has 0 aliphatic carbocycles. The molecule has 1 unspecified atom stereocenters. The second-order valence-corrected chi connectivity index (χ2v) is 3.04. The van der Waals surface area contributed by atoms with E-state index in [4.69, 9.17) is 17.4 Å². The Bertz CT molecular complexity index is 148. The highest BCUT2D eigenvalue weighted by Crippen LogP contribution is 2.04. The van der Waals surface area contributed by atoms with Crippen LogP contribution in [0.5, 0.6) is 0 Å². The van der Waals surface area contributed by atoms with Crippen LogP contribution in [0.2, 0.25) is 0 Å². The van der Waals surface area contributed by atoms with Gasteiger partial charge < -0.3 is 0 Å². The highest BCUT2D eigenvalue weighted by molar-refractivity contribution is 6.17. The zero-order valence-electron chi connectivity index (χ0n) is 7.57. The van der Waals surface area contributed by atoms with Gasteiger partial charge in [-0.15, -0.1) is 23.4 Å². The molecule has 0 rings (SSSR count). The van der Waals surface area contributed by atoms with E-state index in [0.717, 1.165) is 25.7 Å². The zero-order valence-corrected chi connectivity index (χ0v) is 8.32. The molecule has 0 saturated heterocycles. The first-order valence-electron chi connectivity index (χ1n) is 4.26. The molecule has 0 aromatic carbocycles. The van der Waals surface area contributed by atoms with Gasteiger partial charge in [-0.2, -0.15) is 0 Å². The lowest BCUT2D eigenvalue weighted by atomic mass is 10.1. The van der Waals surface area contributed by atoms with Crippen LogP contribution in [-0.4, -0.2) is 11.9 Å². The first-order chi connectivity index (χ1) is 5.85. The van der Waals surface area contributed by atoms with Crippen molar-refractivity contribution in [1.29, 1.82) is 0 Å². The average Bonchev–Trinajstić information content (AvgIpc) is 2.11. The van der Waals surface area contributed by atoms with Crippen molar-refractivity contribution in [3.8, 4) is 11.8 Å². The molecule has 0 aromatic rings. The van der Waals surface area contributed by atoms with Crippen molar-refractivity contribution < 1.29 is 0 Å². The molecule has 0 aliphatic heterocycles. The number of hydrogen-bond donors (Lipinski definition) is 2. The Kier molecular flexibility index (Phi) is 8.69. The number of hydrazine groups is 1. The molecule has 0 heterocycles. The lowest BCUT2D eigenvalue weighted by molar-refractivity contribution is 0.466. The molecule has 12 heavy (non-hydrogen) atoms. The Morgan fingerprint density at radius 2 is 2.25 bits per heavy atom. The van der Waals surface area contributed by atoms with Crippen molar-refractivity contribution in [2.45, 2.75) is 38.6 Å². The summed E-state index contributed by atoms with van der Waals surface area (Å²) >= 11 is 5.57. The van der Waals surface area contributed by atoms with Gasteiger partial charge in [0.05, 0.1) is 0 Å². The summed E-state index contributed by atoms with van der Waals surface area (Å²) in [6, 6.07) is 0.365. The van der Waals surface area contributed by atoms with Gasteiger partial charge in [-0.25, -0.2) is 0 Å². The summed E-state index contributed by atoms with van der Waals surface area (Å²) in [6.45, 7) is 1.85. The Labute approximate surface area is 79.8 Å². The topological polar surface area (TPSA) is 38.0 Å². The molecule has 0 saturated carbocycles. The molecule has 0 radical (unpaired) electrons. The summed E-state index contributed by atoms with van der Waals surface area (Å²) in [7, 11) is 0. The number of alkyl halides is 1. The van der Waals surface area contributed by atoms with Gasteiger partial charge in [0.2, 0.25) is 0 Å². The van der Waals surface area contributed by atoms with E-state index in [1.807, 2.05) is 6.92 Å². The summed E-state index contributed by atoms with van der Waals surface area (Å²) in [5.74, 6) is 11.9. The molecule has 1 atom stereocenters. The van der Waals surface area contributed by atoms with Crippen LogP contribution in [0, 0.1) is 11.8 Å². The highest BCUT2D eigenvalue weighted by atomic mass is 35.5. The van der Waals surface area contributed by atoms with Gasteiger partial charge in [-0.1, -0.05) is 0 Å². The lowest BCUT2D eigenvalue weighted by Crippen LogP contribution is -2.34. The molecule has 0 aliphatic rings. The normalized spacial score (nSPS) is 11.9. The molecule has 2 nitrogen and oxygen atoms in total. The first-order valence-corrected chi connectivity index (χ1v) is 4.80. The van der Waals surface area contributed by atoms with Gasteiger partial charge in [0.25, 0.3) is 0 Å². The molecular formula is C9H17ClN2. The van der Waals surface area contributed by atoms with Gasteiger partial charge in [0.1, 0.15) is 0 Å². The van der Waals surface area contributed by atoms with Crippen LogP contribution in [0.4, 0.5) is 0 Å². The van der Waals surface area contributed by atoms with Crippen molar-refractivity contribution in [3.05, 3.63) is 0 Å². The van der Waals surface area contributed by atoms with Crippen LogP contribution < -0.4 is 11.3 Å². The maximum Gasteiger partial charge on any atom is 0.0224 e. The quantitative estimate of drug-likeness (QED) is 0.288. The maximum absolute atomic E-state index is 5.57. The standard InChI is InChI=1S/C9H17ClN2/c1-2-3-4-6-9(12-11)7-5-8-10/h9,12H,4-8,11H2,1H3. The Morgan fingerprint density at radius 1 is 1.50 bits per heavy atom. The molecule has 0 spiro atoms. The second-order valence-electron chi connectivity index (χ2n) is 2.66. The van der Waals surface area contributed by atoms with Crippen LogP contribution in [0.25, 0.3) is 0 Å². The molecule has 70 valence electrons. The predicted octanol–water partition coefficient (Wildman–Crippen LogP) is 1.64. The third kappa shape index (κ3) is 6.48. The zero-order chi connectivity index (χ0) is 9.23. The molecule has 3 heteroatoms. The number of halogens is 1. The minimum absolute atomic E-state index is 0.365. The van der Waals surface area contributed by atoms with E-state index in [9.17, 15) is 0 Å². The lowest BCUT2D eigenvalue weighted by Gasteiger charge is -2.12. The third-order valence-electron chi connectivity index (χ3n) is 1.72. The van der Waals surface area contributed by atoms with Gasteiger partial charge in [-0.05, 0) is 26.2 Å². The van der Waals surface area contributed by atoms with Crippen molar-refractivity contribution >= 4 is 11.6 Å². The van der Waals surface area contributed by atoms with E-state index in [1.165, 1.54) is 0 Å². The van der Waals surface area contributed by atoms with E-state index < -0.39 is 0 Å². The van der Waals surface area contributed by atoms with Crippen molar-refractivity contribution in [3.63, 3.8) is 0 Å². The van der Waals surface area contributed by atoms with Crippen LogP contribution in [0.15, 0.2) is 0 Å². The van der Waals surface area contributed by atoms with E-state index in [0.29, 0.717) is 11.9 Å². The fourth-order valence-corrected chi connectivity index (χ4v) is 1.16. The fraction of sp³-hybridized carbons (Fsp3) is 0.778. The summed E-state index contributed by atoms with van der Waals surface area (Å²) in [4.78, 5) is 0. The fourth-order valence-electron chi connectivity index (χ4n) is 1.01. The van der Waals surface area contributed by atoms with Crippen LogP contribution >= 0.6 is 11.6 Å². The Balaban J connectivity index is 3.43. The van der Waals surface area contributed by atoms with Crippen LogP contribution in [-0.2, 0) is 0 Å². The van der Waals surface area contributed by atoms with E-state index >= 15 is 0 Å². The van der Waals surface area contributed by atoms with Gasteiger partial charge in [0.15, 0.2) is 0 Å². The molecule has 0 bridgehead atoms. The summed E-state index contributed by atoms with van der Waals surface area (Å²) in [6.07, 6.45) is 3.96. The molecular weight excluding hydrogens is 172 g/mol. The molecule has 0 amide bonds. The van der Waals surface area contributed by atoms with E-state index in [1.54, 1.807) is 0 Å². The van der Waals surface area contributed by atoms with Gasteiger partial charge in [-0.3, -0.25) is 11.3 Å². The van der Waals surface area contributed by atoms with Crippen molar-refractivity contribution in [2.75, 3.05) is 5.88 Å². The SMILES string of the molecule is CC#CCCC(CCCCl)NN. The van der Waals surface area contributed by atoms with Crippen molar-refractivity contribution in [2.24, 2.45) is 5.84 Å². The average molecular weight is 189 g/mol. The van der Waals surface area contributed by atoms with Gasteiger partial charge in [0, 0.05) is 18.3 Å². The number of nitrogens with one attached hydrogen (secondary N) is 1. The predicted molar refractivity (Wildman–Crippen MR) is 53.7 cm³/mol. The molecule has 0 aromatic heterocycles. The minimum atomic E-state index is 0.365.